The fourth-order valence-electron chi connectivity index (χ4n) is 9.04. The average molecular weight is 502 g/mol. The van der Waals surface area contributed by atoms with Crippen molar-refractivity contribution in [3.8, 4) is 11.5 Å². The molecule has 8 rings (SSSR count). The largest absolute Gasteiger partial charge is 0.490 e. The van der Waals surface area contributed by atoms with Gasteiger partial charge < -0.3 is 24.6 Å². The van der Waals surface area contributed by atoms with E-state index in [4.69, 9.17) is 9.47 Å². The molecule has 4 bridgehead atoms. The lowest BCUT2D eigenvalue weighted by molar-refractivity contribution is -0.237. The van der Waals surface area contributed by atoms with Crippen molar-refractivity contribution in [1.29, 1.82) is 0 Å². The minimum Gasteiger partial charge on any atom is -0.490 e. The standard InChI is InChI=1S/C32H39NO4/c1-4-5-17-36-23-12-11-22-18-25-30-13-14-32(35,24(20-30)29(2,34)19-21-9-7-6-8-10-21)28-31(30,15-16-33(25)3)26(22)27(23)37-28/h6-14,24-25,28,34-35H,4-5,15-20H2,1-3H3/t24-,25-,28-,29+,30-,31+,32-/m1/s1. The monoisotopic (exact) mass is 501 g/mol. The molecule has 2 aromatic rings. The highest BCUT2D eigenvalue weighted by atomic mass is 16.5. The Morgan fingerprint density at radius 3 is 2.76 bits per heavy atom. The lowest BCUT2D eigenvalue weighted by Crippen LogP contribution is -2.80. The molecule has 2 spiro atoms. The minimum absolute atomic E-state index is 0.208. The minimum atomic E-state index is -1.27. The van der Waals surface area contributed by atoms with Crippen molar-refractivity contribution < 1.29 is 19.7 Å². The number of nitrogens with zero attached hydrogens (tertiary/aromatic N) is 1. The van der Waals surface area contributed by atoms with Gasteiger partial charge >= 0.3 is 0 Å². The van der Waals surface area contributed by atoms with Crippen LogP contribution in [0.1, 0.15) is 56.2 Å². The highest BCUT2D eigenvalue weighted by Gasteiger charge is 2.79. The van der Waals surface area contributed by atoms with Crippen molar-refractivity contribution in [2.75, 3.05) is 20.2 Å². The number of piperidine rings is 1. The number of unbranched alkanes of at least 4 members (excludes halogenated alkanes) is 1. The van der Waals surface area contributed by atoms with E-state index in [0.717, 1.165) is 55.7 Å². The summed E-state index contributed by atoms with van der Waals surface area (Å²) in [6.45, 7) is 5.72. The lowest BCUT2D eigenvalue weighted by Gasteiger charge is -2.71. The van der Waals surface area contributed by atoms with Gasteiger partial charge in [0.2, 0.25) is 0 Å². The molecule has 2 aliphatic heterocycles. The first kappa shape index (κ1) is 23.8. The van der Waals surface area contributed by atoms with Gasteiger partial charge in [0.05, 0.1) is 17.6 Å². The van der Waals surface area contributed by atoms with E-state index in [9.17, 15) is 10.2 Å². The van der Waals surface area contributed by atoms with Gasteiger partial charge in [-0.3, -0.25) is 0 Å². The van der Waals surface area contributed by atoms with Gasteiger partial charge in [0.25, 0.3) is 0 Å². The molecule has 6 aliphatic rings. The normalized spacial score (nSPS) is 38.1. The molecular formula is C32H39NO4. The molecule has 5 heteroatoms. The highest BCUT2D eigenvalue weighted by molar-refractivity contribution is 5.65. The van der Waals surface area contributed by atoms with E-state index in [1.165, 1.54) is 11.1 Å². The molecule has 2 N–H and O–H groups in total. The second kappa shape index (κ2) is 7.84. The molecule has 7 atom stereocenters. The Kier molecular flexibility index (Phi) is 5.04. The Morgan fingerprint density at radius 1 is 1.16 bits per heavy atom. The number of fused-ring (bicyclic) bond motifs is 1. The summed E-state index contributed by atoms with van der Waals surface area (Å²) in [5.41, 5.74) is 0.815. The van der Waals surface area contributed by atoms with Crippen LogP contribution in [0.5, 0.6) is 11.5 Å². The third kappa shape index (κ3) is 2.91. The molecule has 2 aromatic carbocycles. The first-order valence-electron chi connectivity index (χ1n) is 14.1. The molecule has 4 aliphatic carbocycles. The third-order valence-corrected chi connectivity index (χ3v) is 10.6. The van der Waals surface area contributed by atoms with Crippen molar-refractivity contribution in [2.24, 2.45) is 11.3 Å². The van der Waals surface area contributed by atoms with Crippen LogP contribution in [0.2, 0.25) is 0 Å². The van der Waals surface area contributed by atoms with E-state index in [-0.39, 0.29) is 16.7 Å². The Balaban J connectivity index is 1.38. The van der Waals surface area contributed by atoms with Crippen LogP contribution >= 0.6 is 0 Å². The van der Waals surface area contributed by atoms with Crippen LogP contribution in [0.4, 0.5) is 0 Å². The van der Waals surface area contributed by atoms with Gasteiger partial charge in [0.15, 0.2) is 11.5 Å². The molecule has 2 fully saturated rings. The molecular weight excluding hydrogens is 462 g/mol. The van der Waals surface area contributed by atoms with Crippen molar-refractivity contribution >= 4 is 0 Å². The maximum Gasteiger partial charge on any atom is 0.166 e. The van der Waals surface area contributed by atoms with Gasteiger partial charge in [-0.15, -0.1) is 0 Å². The maximum absolute atomic E-state index is 12.6. The zero-order chi connectivity index (χ0) is 25.6. The molecule has 0 radical (unpaired) electrons. The van der Waals surface area contributed by atoms with Gasteiger partial charge in [-0.25, -0.2) is 0 Å². The molecule has 1 saturated heterocycles. The second-order valence-electron chi connectivity index (χ2n) is 12.6. The van der Waals surface area contributed by atoms with Crippen molar-refractivity contribution in [2.45, 2.75) is 81.1 Å². The number of hydrogen-bond donors (Lipinski definition) is 2. The van der Waals surface area contributed by atoms with E-state index in [1.54, 1.807) is 0 Å². The van der Waals surface area contributed by atoms with Crippen LogP contribution in [0, 0.1) is 11.3 Å². The predicted molar refractivity (Wildman–Crippen MR) is 143 cm³/mol. The Hall–Kier alpha value is -2.34. The number of rotatable bonds is 7. The summed E-state index contributed by atoms with van der Waals surface area (Å²) in [4.78, 5) is 2.51. The Bertz CT molecular complexity index is 1260. The van der Waals surface area contributed by atoms with E-state index in [1.807, 2.05) is 31.2 Å². The number of aliphatic hydroxyl groups is 2. The summed E-state index contributed by atoms with van der Waals surface area (Å²) in [6.07, 6.45) is 9.08. The SMILES string of the molecule is CCCCOc1ccc2c3c1O[C@H]1[C@@]4(O)C=C[C@@]5(C[C@@H]4[C@@](C)(O)Cc4ccccc4)[C@@H](C2)N(C)CC[C@]315. The van der Waals surface area contributed by atoms with Crippen LogP contribution in [0.3, 0.4) is 0 Å². The molecule has 2 heterocycles. The molecule has 1 saturated carbocycles. The smallest absolute Gasteiger partial charge is 0.166 e. The number of hydrogen-bond acceptors (Lipinski definition) is 5. The Labute approximate surface area is 220 Å². The Morgan fingerprint density at radius 2 is 1.97 bits per heavy atom. The van der Waals surface area contributed by atoms with Crippen LogP contribution in [0.15, 0.2) is 54.6 Å². The molecule has 37 heavy (non-hydrogen) atoms. The first-order valence-corrected chi connectivity index (χ1v) is 14.1. The predicted octanol–water partition coefficient (Wildman–Crippen LogP) is 4.43. The summed E-state index contributed by atoms with van der Waals surface area (Å²) >= 11 is 0. The van der Waals surface area contributed by atoms with Crippen molar-refractivity contribution in [3.05, 3.63) is 71.3 Å². The quantitative estimate of drug-likeness (QED) is 0.434. The second-order valence-corrected chi connectivity index (χ2v) is 12.6. The zero-order valence-electron chi connectivity index (χ0n) is 22.2. The summed E-state index contributed by atoms with van der Waals surface area (Å²) in [7, 11) is 2.24. The van der Waals surface area contributed by atoms with E-state index in [0.29, 0.717) is 19.1 Å². The fourth-order valence-corrected chi connectivity index (χ4v) is 9.04. The van der Waals surface area contributed by atoms with Crippen LogP contribution in [0.25, 0.3) is 0 Å². The molecule has 0 unspecified atom stereocenters. The van der Waals surface area contributed by atoms with Crippen LogP contribution < -0.4 is 9.47 Å². The van der Waals surface area contributed by atoms with Crippen LogP contribution in [-0.4, -0.2) is 58.7 Å². The molecule has 196 valence electrons. The molecule has 0 amide bonds. The van der Waals surface area contributed by atoms with Gasteiger partial charge in [-0.1, -0.05) is 61.9 Å². The zero-order valence-corrected chi connectivity index (χ0v) is 22.2. The van der Waals surface area contributed by atoms with Crippen LogP contribution in [-0.2, 0) is 18.3 Å². The number of benzene rings is 2. The summed E-state index contributed by atoms with van der Waals surface area (Å²) in [6, 6.07) is 14.8. The number of likely N-dealkylation sites (tertiary alicyclic amines) is 1. The number of ether oxygens (including phenoxy) is 2. The summed E-state index contributed by atoms with van der Waals surface area (Å²) in [5.74, 6) is 1.30. The first-order chi connectivity index (χ1) is 17.8. The summed E-state index contributed by atoms with van der Waals surface area (Å²) in [5, 5.41) is 24.7. The maximum atomic E-state index is 12.6. The van der Waals surface area contributed by atoms with E-state index in [2.05, 4.69) is 49.2 Å². The third-order valence-electron chi connectivity index (χ3n) is 10.6. The fraction of sp³-hybridized carbons (Fsp3) is 0.562. The topological polar surface area (TPSA) is 62.2 Å². The highest BCUT2D eigenvalue weighted by Crippen LogP contribution is 2.75. The lowest BCUT2D eigenvalue weighted by atomic mass is 9.36. The van der Waals surface area contributed by atoms with Gasteiger partial charge in [0, 0.05) is 29.4 Å². The molecule has 5 nitrogen and oxygen atoms in total. The number of likely N-dealkylation sites (N-methyl/N-ethyl adjacent to an activating group) is 1. The van der Waals surface area contributed by atoms with E-state index >= 15 is 0 Å². The van der Waals surface area contributed by atoms with Gasteiger partial charge in [0.1, 0.15) is 11.7 Å². The van der Waals surface area contributed by atoms with Crippen molar-refractivity contribution in [1.82, 2.24) is 4.90 Å². The van der Waals surface area contributed by atoms with Gasteiger partial charge in [-0.05, 0) is 63.4 Å². The van der Waals surface area contributed by atoms with E-state index < -0.39 is 17.3 Å². The van der Waals surface area contributed by atoms with Gasteiger partial charge in [-0.2, -0.15) is 0 Å². The molecule has 0 aromatic heterocycles. The van der Waals surface area contributed by atoms with Crippen molar-refractivity contribution in [3.63, 3.8) is 0 Å². The average Bonchev–Trinajstić information content (AvgIpc) is 3.25. The summed E-state index contributed by atoms with van der Waals surface area (Å²) < 4.78 is 13.2.